The number of aryl methyl sites for hydroxylation is 2. The fourth-order valence-corrected chi connectivity index (χ4v) is 6.58. The van der Waals surface area contributed by atoms with Crippen molar-refractivity contribution in [3.05, 3.63) is 95.1 Å². The van der Waals surface area contributed by atoms with E-state index in [1.165, 1.54) is 9.21 Å². The number of hydrogen-bond donors (Lipinski definition) is 1. The second kappa shape index (κ2) is 12.7. The van der Waals surface area contributed by atoms with E-state index in [-0.39, 0.29) is 23.4 Å². The molecule has 212 valence electrons. The van der Waals surface area contributed by atoms with Gasteiger partial charge in [0.2, 0.25) is 11.8 Å². The maximum absolute atomic E-state index is 14.1. The Morgan fingerprint density at radius 2 is 1.55 bits per heavy atom. The van der Waals surface area contributed by atoms with Crippen LogP contribution < -0.4 is 9.62 Å². The molecule has 0 bridgehead atoms. The number of rotatable bonds is 10. The van der Waals surface area contributed by atoms with Gasteiger partial charge in [-0.05, 0) is 75.4 Å². The van der Waals surface area contributed by atoms with Gasteiger partial charge in [-0.2, -0.15) is 0 Å². The molecule has 0 heterocycles. The minimum absolute atomic E-state index is 0.105. The Bertz CT molecular complexity index is 1430. The number of benzene rings is 3. The van der Waals surface area contributed by atoms with Crippen molar-refractivity contribution in [3.63, 3.8) is 0 Å². The lowest BCUT2D eigenvalue weighted by Crippen LogP contribution is -2.52. The molecular weight excluding hydrogens is 522 g/mol. The van der Waals surface area contributed by atoms with Gasteiger partial charge in [-0.3, -0.25) is 13.9 Å². The van der Waals surface area contributed by atoms with Crippen LogP contribution in [0.15, 0.2) is 77.7 Å². The summed E-state index contributed by atoms with van der Waals surface area (Å²) in [6.45, 7) is 7.11. The number of amides is 2. The Hall–Kier alpha value is -3.65. The van der Waals surface area contributed by atoms with Crippen LogP contribution in [0.3, 0.4) is 0 Å². The quantitative estimate of drug-likeness (QED) is 0.365. The van der Waals surface area contributed by atoms with E-state index in [1.54, 1.807) is 43.3 Å². The van der Waals surface area contributed by atoms with Gasteiger partial charge in [0.05, 0.1) is 10.6 Å². The van der Waals surface area contributed by atoms with Crippen LogP contribution in [0.5, 0.6) is 0 Å². The van der Waals surface area contributed by atoms with Crippen LogP contribution in [-0.4, -0.2) is 43.8 Å². The van der Waals surface area contributed by atoms with Crippen LogP contribution in [0.4, 0.5) is 5.69 Å². The first-order valence-electron chi connectivity index (χ1n) is 13.9. The average Bonchev–Trinajstić information content (AvgIpc) is 3.45. The molecule has 1 atom stereocenters. The number of nitrogens with zero attached hydrogens (tertiary/aromatic N) is 2. The molecule has 2 amide bonds. The third kappa shape index (κ3) is 6.73. The largest absolute Gasteiger partial charge is 0.352 e. The summed E-state index contributed by atoms with van der Waals surface area (Å²) in [5.74, 6) is -0.676. The van der Waals surface area contributed by atoms with E-state index in [0.717, 1.165) is 47.9 Å². The molecule has 0 radical (unpaired) electrons. The molecule has 1 fully saturated rings. The summed E-state index contributed by atoms with van der Waals surface area (Å²) in [7, 11) is -4.09. The molecular formula is C32H39N3O4S. The minimum atomic E-state index is -4.09. The summed E-state index contributed by atoms with van der Waals surface area (Å²) in [5, 5.41) is 3.10. The maximum Gasteiger partial charge on any atom is 0.264 e. The van der Waals surface area contributed by atoms with Gasteiger partial charge in [-0.1, -0.05) is 73.0 Å². The number of anilines is 1. The zero-order valence-corrected chi connectivity index (χ0v) is 24.6. The van der Waals surface area contributed by atoms with Crippen molar-refractivity contribution in [2.45, 2.75) is 76.9 Å². The van der Waals surface area contributed by atoms with E-state index >= 15 is 0 Å². The molecule has 1 N–H and O–H groups in total. The van der Waals surface area contributed by atoms with Crippen molar-refractivity contribution in [3.8, 4) is 0 Å². The van der Waals surface area contributed by atoms with Crippen molar-refractivity contribution in [2.75, 3.05) is 10.8 Å². The molecule has 0 aromatic heterocycles. The molecule has 0 spiro atoms. The van der Waals surface area contributed by atoms with Crippen LogP contribution >= 0.6 is 0 Å². The van der Waals surface area contributed by atoms with E-state index in [2.05, 4.69) is 5.32 Å². The van der Waals surface area contributed by atoms with Gasteiger partial charge >= 0.3 is 0 Å². The van der Waals surface area contributed by atoms with Crippen LogP contribution in [0.25, 0.3) is 0 Å². The topological polar surface area (TPSA) is 86.8 Å². The second-order valence-corrected chi connectivity index (χ2v) is 12.6. The van der Waals surface area contributed by atoms with Gasteiger partial charge in [0.15, 0.2) is 0 Å². The number of carbonyl (C=O) groups excluding carboxylic acids is 2. The highest BCUT2D eigenvalue weighted by atomic mass is 32.2. The van der Waals surface area contributed by atoms with Crippen molar-refractivity contribution in [2.24, 2.45) is 0 Å². The monoisotopic (exact) mass is 561 g/mol. The van der Waals surface area contributed by atoms with Gasteiger partial charge < -0.3 is 10.2 Å². The first kappa shape index (κ1) is 29.3. The fourth-order valence-electron chi connectivity index (χ4n) is 5.11. The minimum Gasteiger partial charge on any atom is -0.352 e. The first-order chi connectivity index (χ1) is 19.1. The highest BCUT2D eigenvalue weighted by Gasteiger charge is 2.34. The predicted molar refractivity (Wildman–Crippen MR) is 158 cm³/mol. The third-order valence-electron chi connectivity index (χ3n) is 7.80. The van der Waals surface area contributed by atoms with Crippen molar-refractivity contribution < 1.29 is 18.0 Å². The zero-order valence-electron chi connectivity index (χ0n) is 23.8. The average molecular weight is 562 g/mol. The highest BCUT2D eigenvalue weighted by Crippen LogP contribution is 2.29. The third-order valence-corrected chi connectivity index (χ3v) is 9.57. The smallest absolute Gasteiger partial charge is 0.264 e. The van der Waals surface area contributed by atoms with E-state index in [1.807, 2.05) is 57.2 Å². The summed E-state index contributed by atoms with van der Waals surface area (Å²) >= 11 is 0. The van der Waals surface area contributed by atoms with Crippen LogP contribution in [0.2, 0.25) is 0 Å². The lowest BCUT2D eigenvalue weighted by atomic mass is 10.1. The molecule has 1 aliphatic carbocycles. The number of hydrogen-bond acceptors (Lipinski definition) is 4. The lowest BCUT2D eigenvalue weighted by molar-refractivity contribution is -0.139. The van der Waals surface area contributed by atoms with E-state index in [9.17, 15) is 18.0 Å². The summed E-state index contributed by atoms with van der Waals surface area (Å²) in [4.78, 5) is 29.0. The Morgan fingerprint density at radius 3 is 2.20 bits per heavy atom. The normalized spacial score (nSPS) is 14.5. The summed E-state index contributed by atoms with van der Waals surface area (Å²) in [6, 6.07) is 20.8. The predicted octanol–water partition coefficient (Wildman–Crippen LogP) is 5.28. The molecule has 0 unspecified atom stereocenters. The van der Waals surface area contributed by atoms with Gasteiger partial charge in [-0.15, -0.1) is 0 Å². The molecule has 1 saturated carbocycles. The van der Waals surface area contributed by atoms with Gasteiger partial charge in [0, 0.05) is 12.6 Å². The molecule has 3 aromatic rings. The van der Waals surface area contributed by atoms with Gasteiger partial charge in [-0.25, -0.2) is 8.42 Å². The van der Waals surface area contributed by atoms with E-state index in [4.69, 9.17) is 0 Å². The lowest BCUT2D eigenvalue weighted by Gasteiger charge is -2.33. The van der Waals surface area contributed by atoms with Crippen molar-refractivity contribution in [1.82, 2.24) is 10.2 Å². The molecule has 0 saturated heterocycles. The van der Waals surface area contributed by atoms with Gasteiger partial charge in [0.1, 0.15) is 12.6 Å². The summed E-state index contributed by atoms with van der Waals surface area (Å²) in [6.07, 6.45) is 4.02. The molecule has 3 aromatic carbocycles. The Kier molecular flexibility index (Phi) is 9.30. The van der Waals surface area contributed by atoms with E-state index in [0.29, 0.717) is 5.69 Å². The van der Waals surface area contributed by atoms with E-state index < -0.39 is 28.5 Å². The van der Waals surface area contributed by atoms with Crippen LogP contribution in [0.1, 0.15) is 54.9 Å². The summed E-state index contributed by atoms with van der Waals surface area (Å²) < 4.78 is 29.3. The van der Waals surface area contributed by atoms with Crippen molar-refractivity contribution >= 4 is 27.5 Å². The Labute approximate surface area is 238 Å². The Balaban J connectivity index is 1.71. The summed E-state index contributed by atoms with van der Waals surface area (Å²) in [5.41, 5.74) is 3.92. The molecule has 1 aliphatic rings. The second-order valence-electron chi connectivity index (χ2n) is 10.7. The maximum atomic E-state index is 14.1. The first-order valence-corrected chi connectivity index (χ1v) is 15.3. The SMILES string of the molecule is Cc1ccc(S(=O)(=O)N(CC(=O)N(Cc2ccccc2)[C@H](C)C(=O)NC2CCCC2)c2cccc(C)c2C)cc1. The fraction of sp³-hybridized carbons (Fsp3) is 0.375. The number of nitrogens with one attached hydrogen (secondary N) is 1. The molecule has 0 aliphatic heterocycles. The highest BCUT2D eigenvalue weighted by molar-refractivity contribution is 7.92. The Morgan fingerprint density at radius 1 is 0.900 bits per heavy atom. The zero-order chi connectivity index (χ0) is 28.9. The number of sulfonamides is 1. The van der Waals surface area contributed by atoms with Crippen LogP contribution in [0, 0.1) is 20.8 Å². The van der Waals surface area contributed by atoms with Crippen LogP contribution in [-0.2, 0) is 26.2 Å². The van der Waals surface area contributed by atoms with Crippen molar-refractivity contribution in [1.29, 1.82) is 0 Å². The number of carbonyl (C=O) groups is 2. The molecule has 40 heavy (non-hydrogen) atoms. The van der Waals surface area contributed by atoms with Gasteiger partial charge in [0.25, 0.3) is 10.0 Å². The standard InChI is InChI=1S/C32H39N3O4S/c1-23-17-19-29(20-18-23)40(38,39)35(30-16-10-11-24(2)25(30)3)22-31(36)34(21-27-12-6-5-7-13-27)26(4)32(37)33-28-14-8-9-15-28/h5-7,10-13,16-20,26,28H,8-9,14-15,21-22H2,1-4H3,(H,33,37)/t26-/m1/s1. The molecule has 7 nitrogen and oxygen atoms in total. The molecule has 4 rings (SSSR count). The molecule has 8 heteroatoms.